The highest BCUT2D eigenvalue weighted by molar-refractivity contribution is 7.87. The molecule has 0 spiro atoms. The van der Waals surface area contributed by atoms with Crippen molar-refractivity contribution in [2.75, 3.05) is 6.61 Å². The minimum atomic E-state index is -4.64. The number of aryl methyl sites for hydroxylation is 2. The number of benzene rings is 4. The molecule has 0 bridgehead atoms. The molecule has 1 heterocycles. The maximum atomic E-state index is 13.4. The SMILES string of the molecule is Cc1ccc(S(=O)(=O)OCC2OC(O)C(OS(=O)(=O)c3ccc(C)cc3)C(OC(=O)c3ccccc3)C2OC(=O)c2ccccc2)cc1. The van der Waals surface area contributed by atoms with Gasteiger partial charge in [0.15, 0.2) is 24.6 Å². The third-order valence-corrected chi connectivity index (χ3v) is 9.98. The van der Waals surface area contributed by atoms with Gasteiger partial charge in [0.1, 0.15) is 6.10 Å². The lowest BCUT2D eigenvalue weighted by molar-refractivity contribution is -0.277. The van der Waals surface area contributed by atoms with E-state index in [1.165, 1.54) is 60.7 Å². The molecule has 4 aromatic rings. The standard InChI is InChI=1S/C34H32O12S2/c1-22-13-17-26(18-14-22)47(38,39)42-21-28-29(44-32(35)24-9-5-3-6-10-24)30(45-33(36)25-11-7-4-8-12-25)31(34(37)43-28)46-48(40,41)27-19-15-23(2)16-20-27/h3-20,28-31,34,37H,21H2,1-2H3. The Balaban J connectivity index is 1.53. The summed E-state index contributed by atoms with van der Waals surface area (Å²) in [5.41, 5.74) is 1.67. The van der Waals surface area contributed by atoms with Crippen LogP contribution < -0.4 is 0 Å². The fourth-order valence-corrected chi connectivity index (χ4v) is 6.77. The van der Waals surface area contributed by atoms with E-state index < -0.39 is 69.5 Å². The van der Waals surface area contributed by atoms with Gasteiger partial charge < -0.3 is 19.3 Å². The smallest absolute Gasteiger partial charge is 0.338 e. The second-order valence-corrected chi connectivity index (χ2v) is 14.1. The van der Waals surface area contributed by atoms with Crippen LogP contribution in [0.5, 0.6) is 0 Å². The van der Waals surface area contributed by atoms with Crippen LogP contribution in [0.25, 0.3) is 0 Å². The Labute approximate surface area is 278 Å². The summed E-state index contributed by atoms with van der Waals surface area (Å²) < 4.78 is 80.7. The highest BCUT2D eigenvalue weighted by Crippen LogP contribution is 2.32. The fourth-order valence-electron chi connectivity index (χ4n) is 4.78. The van der Waals surface area contributed by atoms with E-state index >= 15 is 0 Å². The van der Waals surface area contributed by atoms with E-state index in [4.69, 9.17) is 22.6 Å². The van der Waals surface area contributed by atoms with Gasteiger partial charge in [-0.3, -0.25) is 8.37 Å². The van der Waals surface area contributed by atoms with Gasteiger partial charge in [0.05, 0.1) is 27.5 Å². The van der Waals surface area contributed by atoms with Crippen LogP contribution in [0.3, 0.4) is 0 Å². The first-order valence-electron chi connectivity index (χ1n) is 14.7. The van der Waals surface area contributed by atoms with Crippen molar-refractivity contribution >= 4 is 32.2 Å². The number of ether oxygens (including phenoxy) is 3. The molecular weight excluding hydrogens is 664 g/mol. The Morgan fingerprint density at radius 3 is 1.54 bits per heavy atom. The molecule has 12 nitrogen and oxygen atoms in total. The Bertz CT molecular complexity index is 1930. The van der Waals surface area contributed by atoms with Crippen LogP contribution in [0.4, 0.5) is 0 Å². The van der Waals surface area contributed by atoms with Crippen molar-refractivity contribution in [1.82, 2.24) is 0 Å². The number of carbonyl (C=O) groups excluding carboxylic acids is 2. The number of carbonyl (C=O) groups is 2. The van der Waals surface area contributed by atoms with Crippen molar-refractivity contribution in [1.29, 1.82) is 0 Å². The molecule has 0 saturated carbocycles. The van der Waals surface area contributed by atoms with Gasteiger partial charge >= 0.3 is 11.9 Å². The minimum Gasteiger partial charge on any atom is -0.452 e. The molecule has 5 rings (SSSR count). The molecule has 1 aliphatic heterocycles. The van der Waals surface area contributed by atoms with Gasteiger partial charge in [-0.15, -0.1) is 0 Å². The average Bonchev–Trinajstić information content (AvgIpc) is 3.07. The Morgan fingerprint density at radius 1 is 0.625 bits per heavy atom. The lowest BCUT2D eigenvalue weighted by atomic mass is 9.98. The summed E-state index contributed by atoms with van der Waals surface area (Å²) >= 11 is 0. The number of aliphatic hydroxyl groups is 1. The summed E-state index contributed by atoms with van der Waals surface area (Å²) in [6, 6.07) is 26.7. The van der Waals surface area contributed by atoms with Crippen molar-refractivity contribution in [2.45, 2.75) is 54.3 Å². The van der Waals surface area contributed by atoms with Gasteiger partial charge in [-0.25, -0.2) is 9.59 Å². The highest BCUT2D eigenvalue weighted by atomic mass is 32.2. The van der Waals surface area contributed by atoms with Crippen molar-refractivity contribution in [3.05, 3.63) is 131 Å². The molecule has 1 aliphatic rings. The van der Waals surface area contributed by atoms with Gasteiger partial charge in [0.2, 0.25) is 0 Å². The maximum absolute atomic E-state index is 13.4. The molecule has 14 heteroatoms. The Morgan fingerprint density at radius 2 is 1.06 bits per heavy atom. The van der Waals surface area contributed by atoms with E-state index in [1.807, 2.05) is 0 Å². The third-order valence-electron chi connectivity index (χ3n) is 7.36. The van der Waals surface area contributed by atoms with Gasteiger partial charge in [0, 0.05) is 0 Å². The van der Waals surface area contributed by atoms with Crippen LogP contribution >= 0.6 is 0 Å². The summed E-state index contributed by atoms with van der Waals surface area (Å²) in [6.07, 6.45) is -9.34. The molecule has 252 valence electrons. The third kappa shape index (κ3) is 8.34. The quantitative estimate of drug-likeness (QED) is 0.177. The zero-order valence-electron chi connectivity index (χ0n) is 25.7. The molecule has 1 fully saturated rings. The van der Waals surface area contributed by atoms with Gasteiger partial charge in [-0.2, -0.15) is 16.8 Å². The van der Waals surface area contributed by atoms with Gasteiger partial charge in [0.25, 0.3) is 20.2 Å². The maximum Gasteiger partial charge on any atom is 0.338 e. The summed E-state index contributed by atoms with van der Waals surface area (Å²) in [6.45, 7) is 2.69. The largest absolute Gasteiger partial charge is 0.452 e. The van der Waals surface area contributed by atoms with Crippen molar-refractivity contribution in [2.24, 2.45) is 0 Å². The molecule has 48 heavy (non-hydrogen) atoms. The molecule has 0 radical (unpaired) electrons. The first-order valence-corrected chi connectivity index (χ1v) is 17.5. The molecule has 1 saturated heterocycles. The van der Waals surface area contributed by atoms with E-state index in [0.29, 0.717) is 0 Å². The number of hydrogen-bond donors (Lipinski definition) is 1. The van der Waals surface area contributed by atoms with Crippen molar-refractivity contribution in [3.8, 4) is 0 Å². The summed E-state index contributed by atoms with van der Waals surface area (Å²) in [7, 11) is -9.04. The number of hydrogen-bond acceptors (Lipinski definition) is 12. The first kappa shape index (κ1) is 34.9. The molecule has 1 N–H and O–H groups in total. The predicted molar refractivity (Wildman–Crippen MR) is 170 cm³/mol. The summed E-state index contributed by atoms with van der Waals surface area (Å²) in [5.74, 6) is -1.93. The van der Waals surface area contributed by atoms with E-state index in [9.17, 15) is 31.5 Å². The second-order valence-electron chi connectivity index (χ2n) is 10.9. The van der Waals surface area contributed by atoms with Gasteiger partial charge in [-0.1, -0.05) is 71.8 Å². The van der Waals surface area contributed by atoms with Gasteiger partial charge in [-0.05, 0) is 62.4 Å². The van der Waals surface area contributed by atoms with E-state index in [1.54, 1.807) is 62.4 Å². The van der Waals surface area contributed by atoms with Crippen LogP contribution in [0, 0.1) is 13.8 Å². The van der Waals surface area contributed by atoms with E-state index in [-0.39, 0.29) is 20.9 Å². The molecule has 5 unspecified atom stereocenters. The van der Waals surface area contributed by atoms with Crippen molar-refractivity contribution < 1.29 is 54.1 Å². The lowest BCUT2D eigenvalue weighted by Crippen LogP contribution is -2.62. The predicted octanol–water partition coefficient (Wildman–Crippen LogP) is 3.95. The van der Waals surface area contributed by atoms with Crippen LogP contribution in [-0.4, -0.2) is 71.2 Å². The van der Waals surface area contributed by atoms with Crippen LogP contribution in [0.15, 0.2) is 119 Å². The fraction of sp³-hybridized carbons (Fsp3) is 0.235. The Hall–Kier alpha value is -4.44. The molecule has 0 aliphatic carbocycles. The number of rotatable bonds is 11. The minimum absolute atomic E-state index is 0.0431. The van der Waals surface area contributed by atoms with Crippen molar-refractivity contribution in [3.63, 3.8) is 0 Å². The highest BCUT2D eigenvalue weighted by Gasteiger charge is 2.53. The molecular formula is C34H32O12S2. The van der Waals surface area contributed by atoms with Crippen LogP contribution in [0.1, 0.15) is 31.8 Å². The molecule has 5 atom stereocenters. The zero-order valence-corrected chi connectivity index (χ0v) is 27.4. The zero-order chi connectivity index (χ0) is 34.5. The first-order chi connectivity index (χ1) is 22.8. The topological polar surface area (TPSA) is 169 Å². The molecule has 0 aromatic heterocycles. The van der Waals surface area contributed by atoms with E-state index in [0.717, 1.165) is 11.1 Å². The summed E-state index contributed by atoms with van der Waals surface area (Å²) in [4.78, 5) is 26.2. The molecule has 4 aromatic carbocycles. The average molecular weight is 697 g/mol. The molecule has 0 amide bonds. The Kier molecular flexibility index (Phi) is 10.7. The summed E-state index contributed by atoms with van der Waals surface area (Å²) in [5, 5.41) is 11.1. The van der Waals surface area contributed by atoms with E-state index in [2.05, 4.69) is 0 Å². The lowest BCUT2D eigenvalue weighted by Gasteiger charge is -2.42. The monoisotopic (exact) mass is 696 g/mol. The number of esters is 2. The normalized spacial score (nSPS) is 21.3. The number of aliphatic hydroxyl groups excluding tert-OH is 1. The second kappa shape index (κ2) is 14.8. The van der Waals surface area contributed by atoms with Crippen LogP contribution in [-0.2, 0) is 42.8 Å². The van der Waals surface area contributed by atoms with Crippen LogP contribution in [0.2, 0.25) is 0 Å².